The molecule has 2 aromatic rings. The SMILES string of the molecule is COc1ccc(F)cc1C1Cc2c(F)ccc(C)c2N1. The lowest BCUT2D eigenvalue weighted by Gasteiger charge is -2.16. The lowest BCUT2D eigenvalue weighted by Crippen LogP contribution is -2.08. The van der Waals surface area contributed by atoms with Crippen LogP contribution in [0.4, 0.5) is 14.5 Å². The van der Waals surface area contributed by atoms with Crippen molar-refractivity contribution >= 4 is 5.69 Å². The van der Waals surface area contributed by atoms with Crippen LogP contribution in [0.1, 0.15) is 22.7 Å². The molecule has 1 atom stereocenters. The molecule has 1 unspecified atom stereocenters. The van der Waals surface area contributed by atoms with Crippen molar-refractivity contribution in [1.29, 1.82) is 0 Å². The topological polar surface area (TPSA) is 21.3 Å². The van der Waals surface area contributed by atoms with E-state index in [1.807, 2.05) is 6.92 Å². The van der Waals surface area contributed by atoms with Gasteiger partial charge in [-0.15, -0.1) is 0 Å². The van der Waals surface area contributed by atoms with Gasteiger partial charge in [0.1, 0.15) is 17.4 Å². The molecule has 1 heterocycles. The Kier molecular flexibility index (Phi) is 3.08. The number of hydrogen-bond donors (Lipinski definition) is 1. The average molecular weight is 275 g/mol. The molecule has 1 N–H and O–H groups in total. The molecule has 0 radical (unpaired) electrons. The van der Waals surface area contributed by atoms with E-state index in [-0.39, 0.29) is 17.7 Å². The Hall–Kier alpha value is -2.10. The summed E-state index contributed by atoms with van der Waals surface area (Å²) in [5, 5.41) is 3.28. The van der Waals surface area contributed by atoms with Crippen LogP contribution < -0.4 is 10.1 Å². The van der Waals surface area contributed by atoms with Crippen LogP contribution in [-0.4, -0.2) is 7.11 Å². The van der Waals surface area contributed by atoms with Gasteiger partial charge in [-0.2, -0.15) is 0 Å². The first-order valence-corrected chi connectivity index (χ1v) is 6.48. The minimum Gasteiger partial charge on any atom is -0.496 e. The second-order valence-corrected chi connectivity index (χ2v) is 5.01. The molecule has 0 aromatic heterocycles. The Morgan fingerprint density at radius 2 is 2.00 bits per heavy atom. The van der Waals surface area contributed by atoms with E-state index in [4.69, 9.17) is 4.74 Å². The van der Waals surface area contributed by atoms with Gasteiger partial charge in [0.2, 0.25) is 0 Å². The molecule has 1 aliphatic heterocycles. The summed E-state index contributed by atoms with van der Waals surface area (Å²) in [4.78, 5) is 0. The van der Waals surface area contributed by atoms with Crippen LogP contribution in [0.5, 0.6) is 5.75 Å². The van der Waals surface area contributed by atoms with Gasteiger partial charge in [0, 0.05) is 23.2 Å². The van der Waals surface area contributed by atoms with Gasteiger partial charge >= 0.3 is 0 Å². The maximum absolute atomic E-state index is 13.9. The third-order valence-electron chi connectivity index (χ3n) is 3.76. The quantitative estimate of drug-likeness (QED) is 0.894. The lowest BCUT2D eigenvalue weighted by molar-refractivity contribution is 0.405. The summed E-state index contributed by atoms with van der Waals surface area (Å²) in [7, 11) is 1.55. The van der Waals surface area contributed by atoms with Crippen molar-refractivity contribution in [1.82, 2.24) is 0 Å². The summed E-state index contributed by atoms with van der Waals surface area (Å²) in [5.41, 5.74) is 3.16. The Bertz CT molecular complexity index is 639. The monoisotopic (exact) mass is 275 g/mol. The molecular weight excluding hydrogens is 260 g/mol. The van der Waals surface area contributed by atoms with Crippen LogP contribution in [0, 0.1) is 18.6 Å². The number of rotatable bonds is 2. The fourth-order valence-corrected chi connectivity index (χ4v) is 2.73. The largest absolute Gasteiger partial charge is 0.496 e. The fraction of sp³-hybridized carbons (Fsp3) is 0.250. The number of hydrogen-bond acceptors (Lipinski definition) is 2. The van der Waals surface area contributed by atoms with Crippen molar-refractivity contribution in [3.8, 4) is 5.75 Å². The van der Waals surface area contributed by atoms with Gasteiger partial charge in [-0.05, 0) is 36.8 Å². The smallest absolute Gasteiger partial charge is 0.128 e. The molecule has 0 fully saturated rings. The Morgan fingerprint density at radius 1 is 1.20 bits per heavy atom. The van der Waals surface area contributed by atoms with Gasteiger partial charge < -0.3 is 10.1 Å². The van der Waals surface area contributed by atoms with E-state index in [9.17, 15) is 8.78 Å². The molecule has 1 aliphatic rings. The number of methoxy groups -OCH3 is 1. The van der Waals surface area contributed by atoms with Crippen LogP contribution in [0.25, 0.3) is 0 Å². The van der Waals surface area contributed by atoms with E-state index in [0.29, 0.717) is 23.3 Å². The zero-order valence-corrected chi connectivity index (χ0v) is 11.3. The first kappa shape index (κ1) is 12.9. The van der Waals surface area contributed by atoms with Crippen molar-refractivity contribution in [2.75, 3.05) is 12.4 Å². The summed E-state index contributed by atoms with van der Waals surface area (Å²) in [5.74, 6) is 0.0569. The fourth-order valence-electron chi connectivity index (χ4n) is 2.73. The zero-order chi connectivity index (χ0) is 14.3. The average Bonchev–Trinajstić information content (AvgIpc) is 2.89. The summed E-state index contributed by atoms with van der Waals surface area (Å²) < 4.78 is 32.6. The summed E-state index contributed by atoms with van der Waals surface area (Å²) >= 11 is 0. The van der Waals surface area contributed by atoms with Crippen LogP contribution in [0.15, 0.2) is 30.3 Å². The van der Waals surface area contributed by atoms with Gasteiger partial charge in [0.25, 0.3) is 0 Å². The minimum atomic E-state index is -0.323. The summed E-state index contributed by atoms with van der Waals surface area (Å²) in [6, 6.07) is 7.43. The van der Waals surface area contributed by atoms with Gasteiger partial charge in [-0.1, -0.05) is 6.07 Å². The Morgan fingerprint density at radius 3 is 2.70 bits per heavy atom. The van der Waals surface area contributed by atoms with E-state index >= 15 is 0 Å². The van der Waals surface area contributed by atoms with Crippen molar-refractivity contribution in [3.63, 3.8) is 0 Å². The highest BCUT2D eigenvalue weighted by atomic mass is 19.1. The molecule has 0 bridgehead atoms. The van der Waals surface area contributed by atoms with Crippen molar-refractivity contribution in [2.45, 2.75) is 19.4 Å². The molecule has 0 amide bonds. The van der Waals surface area contributed by atoms with Crippen LogP contribution in [-0.2, 0) is 6.42 Å². The number of aryl methyl sites for hydroxylation is 1. The molecule has 20 heavy (non-hydrogen) atoms. The predicted molar refractivity (Wildman–Crippen MR) is 74.2 cm³/mol. The van der Waals surface area contributed by atoms with Gasteiger partial charge in [0.15, 0.2) is 0 Å². The normalized spacial score (nSPS) is 16.7. The Balaban J connectivity index is 2.02. The van der Waals surface area contributed by atoms with E-state index in [2.05, 4.69) is 5.32 Å². The van der Waals surface area contributed by atoms with E-state index in [1.165, 1.54) is 18.2 Å². The molecule has 0 saturated carbocycles. The standard InChI is InChI=1S/C16H15F2NO/c1-9-3-5-13(18)11-8-14(19-16(9)11)12-7-10(17)4-6-15(12)20-2/h3-7,14,19H,8H2,1-2H3. The van der Waals surface area contributed by atoms with Crippen LogP contribution >= 0.6 is 0 Å². The summed E-state index contributed by atoms with van der Waals surface area (Å²) in [6.45, 7) is 1.93. The number of ether oxygens (including phenoxy) is 1. The summed E-state index contributed by atoms with van der Waals surface area (Å²) in [6.07, 6.45) is 0.489. The van der Waals surface area contributed by atoms with Crippen molar-refractivity contribution < 1.29 is 13.5 Å². The molecule has 0 aliphatic carbocycles. The third-order valence-corrected chi connectivity index (χ3v) is 3.76. The molecule has 3 rings (SSSR count). The predicted octanol–water partition coefficient (Wildman–Crippen LogP) is 3.99. The lowest BCUT2D eigenvalue weighted by atomic mass is 10.0. The molecular formula is C16H15F2NO. The first-order chi connectivity index (χ1) is 9.60. The Labute approximate surface area is 116 Å². The van der Waals surface area contributed by atoms with Crippen molar-refractivity contribution in [3.05, 3.63) is 58.7 Å². The first-order valence-electron chi connectivity index (χ1n) is 6.48. The maximum Gasteiger partial charge on any atom is 0.128 e. The number of fused-ring (bicyclic) bond motifs is 1. The second kappa shape index (κ2) is 4.78. The molecule has 2 aromatic carbocycles. The maximum atomic E-state index is 13.9. The van der Waals surface area contributed by atoms with Crippen molar-refractivity contribution in [2.24, 2.45) is 0 Å². The molecule has 4 heteroatoms. The zero-order valence-electron chi connectivity index (χ0n) is 11.3. The highest BCUT2D eigenvalue weighted by Gasteiger charge is 2.28. The van der Waals surface area contributed by atoms with Gasteiger partial charge in [-0.25, -0.2) is 8.78 Å². The third kappa shape index (κ3) is 2.01. The number of benzene rings is 2. The number of anilines is 1. The van der Waals surface area contributed by atoms with Gasteiger partial charge in [0.05, 0.1) is 13.2 Å². The van der Waals surface area contributed by atoms with E-state index in [1.54, 1.807) is 19.2 Å². The second-order valence-electron chi connectivity index (χ2n) is 5.01. The molecule has 0 saturated heterocycles. The van der Waals surface area contributed by atoms with Gasteiger partial charge in [-0.3, -0.25) is 0 Å². The highest BCUT2D eigenvalue weighted by molar-refractivity contribution is 5.64. The molecule has 104 valence electrons. The highest BCUT2D eigenvalue weighted by Crippen LogP contribution is 2.40. The molecule has 2 nitrogen and oxygen atoms in total. The van der Waals surface area contributed by atoms with E-state index in [0.717, 1.165) is 11.3 Å². The number of nitrogens with one attached hydrogen (secondary N) is 1. The number of halogens is 2. The van der Waals surface area contributed by atoms with E-state index < -0.39 is 0 Å². The van der Waals surface area contributed by atoms with Crippen LogP contribution in [0.2, 0.25) is 0 Å². The minimum absolute atomic E-state index is 0.175. The van der Waals surface area contributed by atoms with Crippen LogP contribution in [0.3, 0.4) is 0 Å². The molecule has 0 spiro atoms.